The minimum Gasteiger partial charge on any atom is -0.507 e. The molecule has 0 radical (unpaired) electrons. The number of benzene rings is 2. The second kappa shape index (κ2) is 6.50. The normalized spacial score (nSPS) is 11.3. The van der Waals surface area contributed by atoms with Crippen LogP contribution in [0.2, 0.25) is 0 Å². The largest absolute Gasteiger partial charge is 0.507 e. The molecule has 0 aliphatic heterocycles. The average Bonchev–Trinajstić information content (AvgIpc) is 2.48. The van der Waals surface area contributed by atoms with Gasteiger partial charge in [0.1, 0.15) is 5.75 Å². The molecule has 0 atom stereocenters. The minimum absolute atomic E-state index is 0.0904. The van der Waals surface area contributed by atoms with Crippen LogP contribution in [-0.4, -0.2) is 24.8 Å². The molecule has 2 aromatic carbocycles. The van der Waals surface area contributed by atoms with E-state index in [0.717, 1.165) is 29.4 Å². The highest BCUT2D eigenvalue weighted by atomic mass is 79.9. The van der Waals surface area contributed by atoms with Crippen molar-refractivity contribution < 1.29 is 18.3 Å². The van der Waals surface area contributed by atoms with E-state index in [2.05, 4.69) is 15.9 Å². The van der Waals surface area contributed by atoms with Crippen LogP contribution in [0.5, 0.6) is 5.75 Å². The van der Waals surface area contributed by atoms with Gasteiger partial charge >= 0.3 is 0 Å². The molecule has 0 aliphatic rings. The third-order valence-electron chi connectivity index (χ3n) is 3.16. The van der Waals surface area contributed by atoms with Crippen LogP contribution >= 0.6 is 15.9 Å². The van der Waals surface area contributed by atoms with Crippen LogP contribution < -0.4 is 5.73 Å². The summed E-state index contributed by atoms with van der Waals surface area (Å²) < 4.78 is 25.1. The van der Waals surface area contributed by atoms with E-state index >= 15 is 0 Å². The van der Waals surface area contributed by atoms with Crippen LogP contribution in [0.1, 0.15) is 15.9 Å². The monoisotopic (exact) mass is 383 g/mol. The Morgan fingerprint density at radius 2 is 1.68 bits per heavy atom. The Bertz CT molecular complexity index is 801. The fourth-order valence-electron chi connectivity index (χ4n) is 1.96. The standard InChI is InChI=1S/C15H14BrNO4S/c16-8-7-10-1-3-11(4-2-10)22(20,21)12-5-6-14(18)13(9-12)15(17)19/h1-6,9,18H,7-8H2,(H2,17,19). The van der Waals surface area contributed by atoms with E-state index in [4.69, 9.17) is 5.73 Å². The summed E-state index contributed by atoms with van der Waals surface area (Å²) in [6, 6.07) is 9.98. The smallest absolute Gasteiger partial charge is 0.252 e. The summed E-state index contributed by atoms with van der Waals surface area (Å²) in [5.74, 6) is -1.23. The van der Waals surface area contributed by atoms with Crippen molar-refractivity contribution >= 4 is 31.7 Å². The number of aromatic hydroxyl groups is 1. The van der Waals surface area contributed by atoms with Crippen molar-refractivity contribution in [3.8, 4) is 5.75 Å². The number of carbonyl (C=O) groups excluding carboxylic acids is 1. The van der Waals surface area contributed by atoms with Crippen LogP contribution in [0.15, 0.2) is 52.3 Å². The third-order valence-corrected chi connectivity index (χ3v) is 5.32. The third kappa shape index (κ3) is 3.31. The van der Waals surface area contributed by atoms with E-state index in [1.165, 1.54) is 18.2 Å². The first-order chi connectivity index (χ1) is 10.4. The molecular formula is C15H14BrNO4S. The first-order valence-electron chi connectivity index (χ1n) is 6.39. The minimum atomic E-state index is -3.77. The fraction of sp³-hybridized carbons (Fsp3) is 0.133. The van der Waals surface area contributed by atoms with Crippen molar-refractivity contribution in [1.29, 1.82) is 0 Å². The zero-order valence-electron chi connectivity index (χ0n) is 11.5. The SMILES string of the molecule is NC(=O)c1cc(S(=O)(=O)c2ccc(CCBr)cc2)ccc1O. The van der Waals surface area contributed by atoms with Gasteiger partial charge in [0.2, 0.25) is 9.84 Å². The van der Waals surface area contributed by atoms with Gasteiger partial charge in [-0.15, -0.1) is 0 Å². The van der Waals surface area contributed by atoms with E-state index in [1.54, 1.807) is 12.1 Å². The molecule has 0 saturated carbocycles. The highest BCUT2D eigenvalue weighted by Gasteiger charge is 2.20. The highest BCUT2D eigenvalue weighted by molar-refractivity contribution is 9.09. The molecule has 0 unspecified atom stereocenters. The number of hydrogen-bond donors (Lipinski definition) is 2. The molecule has 22 heavy (non-hydrogen) atoms. The zero-order chi connectivity index (χ0) is 16.3. The number of hydrogen-bond acceptors (Lipinski definition) is 4. The molecule has 3 N–H and O–H groups in total. The van der Waals surface area contributed by atoms with E-state index in [9.17, 15) is 18.3 Å². The zero-order valence-corrected chi connectivity index (χ0v) is 13.9. The topological polar surface area (TPSA) is 97.5 Å². The van der Waals surface area contributed by atoms with Gasteiger partial charge in [0, 0.05) is 5.33 Å². The molecule has 0 spiro atoms. The van der Waals surface area contributed by atoms with Gasteiger partial charge in [0.05, 0.1) is 15.4 Å². The molecule has 0 aliphatic carbocycles. The van der Waals surface area contributed by atoms with Crippen molar-refractivity contribution in [3.05, 3.63) is 53.6 Å². The van der Waals surface area contributed by atoms with E-state index in [0.29, 0.717) is 0 Å². The Hall–Kier alpha value is -1.86. The number of sulfone groups is 1. The Kier molecular flexibility index (Phi) is 4.87. The summed E-state index contributed by atoms with van der Waals surface area (Å²) in [5.41, 5.74) is 5.91. The average molecular weight is 384 g/mol. The van der Waals surface area contributed by atoms with Gasteiger partial charge in [-0.3, -0.25) is 4.79 Å². The first kappa shape index (κ1) is 16.5. The van der Waals surface area contributed by atoms with Gasteiger partial charge in [-0.25, -0.2) is 8.42 Å². The van der Waals surface area contributed by atoms with Crippen LogP contribution in [0.3, 0.4) is 0 Å². The lowest BCUT2D eigenvalue weighted by molar-refractivity contribution is 0.0997. The molecule has 0 aromatic heterocycles. The number of nitrogens with two attached hydrogens (primary N) is 1. The second-order valence-electron chi connectivity index (χ2n) is 4.63. The van der Waals surface area contributed by atoms with Crippen molar-refractivity contribution in [2.24, 2.45) is 5.73 Å². The summed E-state index contributed by atoms with van der Waals surface area (Å²) in [6.45, 7) is 0. The van der Waals surface area contributed by atoms with Crippen LogP contribution in [0.25, 0.3) is 0 Å². The summed E-state index contributed by atoms with van der Waals surface area (Å²) in [7, 11) is -3.77. The van der Waals surface area contributed by atoms with Crippen molar-refractivity contribution in [2.75, 3.05) is 5.33 Å². The van der Waals surface area contributed by atoms with E-state index in [-0.39, 0.29) is 21.1 Å². The van der Waals surface area contributed by atoms with Gasteiger partial charge < -0.3 is 10.8 Å². The number of carbonyl (C=O) groups is 1. The highest BCUT2D eigenvalue weighted by Crippen LogP contribution is 2.26. The summed E-state index contributed by atoms with van der Waals surface area (Å²) in [6.07, 6.45) is 0.797. The predicted molar refractivity (Wildman–Crippen MR) is 86.0 cm³/mol. The quantitative estimate of drug-likeness (QED) is 0.773. The Labute approximate surface area is 136 Å². The van der Waals surface area contributed by atoms with Crippen molar-refractivity contribution in [3.63, 3.8) is 0 Å². The fourth-order valence-corrected chi connectivity index (χ4v) is 3.70. The molecule has 5 nitrogen and oxygen atoms in total. The Balaban J connectivity index is 2.46. The number of phenols is 1. The molecule has 0 saturated heterocycles. The molecule has 116 valence electrons. The lowest BCUT2D eigenvalue weighted by Gasteiger charge is -2.08. The molecule has 2 rings (SSSR count). The molecule has 7 heteroatoms. The number of alkyl halides is 1. The summed E-state index contributed by atoms with van der Waals surface area (Å²) >= 11 is 3.32. The van der Waals surface area contributed by atoms with Gasteiger partial charge in [0.15, 0.2) is 0 Å². The molecule has 0 bridgehead atoms. The maximum atomic E-state index is 12.5. The Morgan fingerprint density at radius 1 is 1.09 bits per heavy atom. The lowest BCUT2D eigenvalue weighted by atomic mass is 10.2. The molecule has 2 aromatic rings. The van der Waals surface area contributed by atoms with Crippen LogP contribution in [0, 0.1) is 0 Å². The Morgan fingerprint density at radius 3 is 2.23 bits per heavy atom. The van der Waals surface area contributed by atoms with Crippen molar-refractivity contribution in [2.45, 2.75) is 16.2 Å². The lowest BCUT2D eigenvalue weighted by Crippen LogP contribution is -2.12. The maximum absolute atomic E-state index is 12.5. The number of rotatable bonds is 5. The molecule has 0 fully saturated rings. The van der Waals surface area contributed by atoms with Crippen molar-refractivity contribution in [1.82, 2.24) is 0 Å². The second-order valence-corrected chi connectivity index (χ2v) is 7.37. The predicted octanol–water partition coefficient (Wildman–Crippen LogP) is 2.26. The summed E-state index contributed by atoms with van der Waals surface area (Å²) in [5, 5.41) is 10.3. The molecule has 1 amide bonds. The van der Waals surface area contributed by atoms with Gasteiger partial charge in [-0.05, 0) is 42.3 Å². The van der Waals surface area contributed by atoms with Gasteiger partial charge in [0.25, 0.3) is 5.91 Å². The molecule has 0 heterocycles. The maximum Gasteiger partial charge on any atom is 0.252 e. The number of aryl methyl sites for hydroxylation is 1. The molecular weight excluding hydrogens is 370 g/mol. The van der Waals surface area contributed by atoms with Crippen LogP contribution in [0.4, 0.5) is 0 Å². The van der Waals surface area contributed by atoms with Gasteiger partial charge in [-0.2, -0.15) is 0 Å². The summed E-state index contributed by atoms with van der Waals surface area (Å²) in [4.78, 5) is 11.2. The van der Waals surface area contributed by atoms with Crippen LogP contribution in [-0.2, 0) is 16.3 Å². The number of halogens is 1. The van der Waals surface area contributed by atoms with E-state index in [1.807, 2.05) is 0 Å². The van der Waals surface area contributed by atoms with E-state index < -0.39 is 15.7 Å². The van der Waals surface area contributed by atoms with Gasteiger partial charge in [-0.1, -0.05) is 28.1 Å². The number of amides is 1. The first-order valence-corrected chi connectivity index (χ1v) is 8.99. The number of primary amides is 1.